The molecule has 4 heterocycles. The number of aromatic nitrogens is 5. The van der Waals surface area contributed by atoms with E-state index in [1.807, 2.05) is 17.6 Å². The van der Waals surface area contributed by atoms with Gasteiger partial charge in [-0.3, -0.25) is 9.36 Å². The molecule has 0 saturated heterocycles. The summed E-state index contributed by atoms with van der Waals surface area (Å²) < 4.78 is 40.4. The quantitative estimate of drug-likeness (QED) is 0.236. The summed E-state index contributed by atoms with van der Waals surface area (Å²) in [5.41, 5.74) is 6.48. The first-order chi connectivity index (χ1) is 21.0. The SMILES string of the molecule is CC(C)n1cc(C(=O)O)c(=O)n(-c2ccc(F)cc2)c1=O.Nc1ccc(Oc2cc(-c3cnsc3)cn3nccc23)c(F)c1. The van der Waals surface area contributed by atoms with Crippen molar-refractivity contribution in [2.45, 2.75) is 19.9 Å². The second-order valence-corrected chi connectivity index (χ2v) is 10.4. The molecule has 3 N–H and O–H groups in total. The molecule has 44 heavy (non-hydrogen) atoms. The monoisotopic (exact) mass is 618 g/mol. The average molecular weight is 619 g/mol. The van der Waals surface area contributed by atoms with Gasteiger partial charge in [-0.2, -0.15) is 5.10 Å². The van der Waals surface area contributed by atoms with E-state index >= 15 is 0 Å². The van der Waals surface area contributed by atoms with Crippen LogP contribution in [-0.4, -0.2) is 34.2 Å². The number of anilines is 1. The number of rotatable bonds is 6. The first-order valence-corrected chi connectivity index (χ1v) is 13.8. The molecule has 0 aliphatic rings. The molecular weight excluding hydrogens is 594 g/mol. The van der Waals surface area contributed by atoms with Gasteiger partial charge in [-0.25, -0.2) is 31.8 Å². The molecule has 224 valence electrons. The Labute approximate surface area is 251 Å². The summed E-state index contributed by atoms with van der Waals surface area (Å²) in [5.74, 6) is -1.83. The molecule has 2 aromatic carbocycles. The Hall–Kier alpha value is -5.63. The lowest BCUT2D eigenvalue weighted by atomic mass is 10.1. The van der Waals surface area contributed by atoms with E-state index in [2.05, 4.69) is 9.47 Å². The molecule has 4 aromatic heterocycles. The summed E-state index contributed by atoms with van der Waals surface area (Å²) >= 11 is 1.36. The minimum Gasteiger partial charge on any atom is -0.477 e. The molecule has 0 fully saturated rings. The number of ether oxygens (including phenoxy) is 1. The topological polar surface area (TPSA) is 147 Å². The maximum atomic E-state index is 14.0. The lowest BCUT2D eigenvalue weighted by molar-refractivity contribution is 0.0693. The molecule has 14 heteroatoms. The Morgan fingerprint density at radius 1 is 1.00 bits per heavy atom. The van der Waals surface area contributed by atoms with Gasteiger partial charge in [-0.1, -0.05) is 0 Å². The zero-order valence-electron chi connectivity index (χ0n) is 23.2. The van der Waals surface area contributed by atoms with Crippen molar-refractivity contribution in [2.24, 2.45) is 0 Å². The summed E-state index contributed by atoms with van der Waals surface area (Å²) in [6, 6.07) is 12.3. The Balaban J connectivity index is 0.000000176. The van der Waals surface area contributed by atoms with Crippen LogP contribution >= 0.6 is 11.5 Å². The van der Waals surface area contributed by atoms with Crippen LogP contribution in [0.15, 0.2) is 94.4 Å². The zero-order chi connectivity index (χ0) is 31.5. The van der Waals surface area contributed by atoms with Crippen molar-refractivity contribution in [3.05, 3.63) is 123 Å². The largest absolute Gasteiger partial charge is 0.477 e. The summed E-state index contributed by atoms with van der Waals surface area (Å²) in [5, 5.41) is 15.3. The van der Waals surface area contributed by atoms with Crippen LogP contribution in [0, 0.1) is 11.6 Å². The minimum absolute atomic E-state index is 0.114. The van der Waals surface area contributed by atoms with Crippen LogP contribution in [-0.2, 0) is 0 Å². The highest BCUT2D eigenvalue weighted by molar-refractivity contribution is 7.03. The van der Waals surface area contributed by atoms with Crippen LogP contribution in [0.5, 0.6) is 11.5 Å². The van der Waals surface area contributed by atoms with Crippen LogP contribution < -0.4 is 21.7 Å². The van der Waals surface area contributed by atoms with Crippen LogP contribution in [0.1, 0.15) is 30.2 Å². The third kappa shape index (κ3) is 6.10. The summed E-state index contributed by atoms with van der Waals surface area (Å²) in [4.78, 5) is 35.7. The number of fused-ring (bicyclic) bond motifs is 1. The average Bonchev–Trinajstić information content (AvgIpc) is 3.68. The number of carboxylic acid groups (broad SMARTS) is 1. The van der Waals surface area contributed by atoms with Crippen LogP contribution in [0.2, 0.25) is 0 Å². The van der Waals surface area contributed by atoms with Crippen molar-refractivity contribution in [3.63, 3.8) is 0 Å². The van der Waals surface area contributed by atoms with E-state index in [1.54, 1.807) is 42.9 Å². The molecule has 0 amide bonds. The number of hydrogen-bond donors (Lipinski definition) is 2. The smallest absolute Gasteiger partial charge is 0.342 e. The highest BCUT2D eigenvalue weighted by Crippen LogP contribution is 2.33. The van der Waals surface area contributed by atoms with Crippen molar-refractivity contribution in [1.29, 1.82) is 0 Å². The van der Waals surface area contributed by atoms with E-state index in [9.17, 15) is 23.2 Å². The fraction of sp³-hybridized carbons (Fsp3) is 0.100. The second kappa shape index (κ2) is 12.3. The first-order valence-electron chi connectivity index (χ1n) is 13.0. The summed E-state index contributed by atoms with van der Waals surface area (Å²) in [6.45, 7) is 3.37. The Morgan fingerprint density at radius 3 is 2.39 bits per heavy atom. The Kier molecular flexibility index (Phi) is 8.35. The molecule has 11 nitrogen and oxygen atoms in total. The van der Waals surface area contributed by atoms with Gasteiger partial charge in [-0.15, -0.1) is 0 Å². The number of nitrogens with two attached hydrogens (primary N) is 1. The number of pyridine rings is 1. The maximum Gasteiger partial charge on any atom is 0.342 e. The molecule has 0 radical (unpaired) electrons. The number of nitrogen functional groups attached to an aromatic ring is 1. The van der Waals surface area contributed by atoms with E-state index in [0.717, 1.165) is 44.1 Å². The van der Waals surface area contributed by atoms with Gasteiger partial charge in [0.2, 0.25) is 0 Å². The van der Waals surface area contributed by atoms with E-state index in [4.69, 9.17) is 15.6 Å². The Bertz CT molecular complexity index is 2090. The molecule has 0 unspecified atom stereocenters. The predicted octanol–water partition coefficient (Wildman–Crippen LogP) is 5.39. The zero-order valence-corrected chi connectivity index (χ0v) is 24.0. The van der Waals surface area contributed by atoms with Crippen LogP contribution in [0.25, 0.3) is 22.3 Å². The van der Waals surface area contributed by atoms with Gasteiger partial charge in [0, 0.05) is 52.9 Å². The Morgan fingerprint density at radius 2 is 1.75 bits per heavy atom. The van der Waals surface area contributed by atoms with Crippen molar-refractivity contribution in [3.8, 4) is 28.3 Å². The van der Waals surface area contributed by atoms with E-state index < -0.39 is 34.4 Å². The van der Waals surface area contributed by atoms with E-state index in [1.165, 1.54) is 35.8 Å². The van der Waals surface area contributed by atoms with E-state index in [0.29, 0.717) is 11.4 Å². The highest BCUT2D eigenvalue weighted by Gasteiger charge is 2.19. The molecule has 0 aliphatic heterocycles. The molecule has 0 spiro atoms. The van der Waals surface area contributed by atoms with Gasteiger partial charge >= 0.3 is 11.7 Å². The van der Waals surface area contributed by atoms with Crippen molar-refractivity contribution in [2.75, 3.05) is 5.73 Å². The lowest BCUT2D eigenvalue weighted by Crippen LogP contribution is -2.41. The number of aromatic carboxylic acids is 1. The normalized spacial score (nSPS) is 10.9. The second-order valence-electron chi connectivity index (χ2n) is 9.71. The van der Waals surface area contributed by atoms with Gasteiger partial charge in [0.05, 0.1) is 11.9 Å². The number of benzene rings is 2. The summed E-state index contributed by atoms with van der Waals surface area (Å²) in [6.07, 6.45) is 6.34. The van der Waals surface area contributed by atoms with E-state index in [-0.39, 0.29) is 17.5 Å². The van der Waals surface area contributed by atoms with Gasteiger partial charge in [0.25, 0.3) is 5.56 Å². The number of carboxylic acids is 1. The standard InChI is InChI=1S/C16H11FN4OS.C14H13FN2O4/c17-13-6-12(18)1-2-15(13)22-16-5-10(11-7-20-23-9-11)8-21-14(16)3-4-19-21;1-8(2)16-7-11(13(19)20)12(18)17(14(16)21)10-5-3-9(15)4-6-10/h1-9H,18H2;3-8H,1-2H3,(H,19,20). The molecular formula is C30H24F2N6O5S. The third-order valence-electron chi connectivity index (χ3n) is 6.40. The van der Waals surface area contributed by atoms with Gasteiger partial charge in [0.15, 0.2) is 17.3 Å². The molecule has 6 aromatic rings. The molecule has 6 rings (SSSR count). The van der Waals surface area contributed by atoms with Crippen molar-refractivity contribution in [1.82, 2.24) is 23.1 Å². The van der Waals surface area contributed by atoms with Crippen LogP contribution in [0.3, 0.4) is 0 Å². The number of nitrogens with zero attached hydrogens (tertiary/aromatic N) is 5. The maximum absolute atomic E-state index is 14.0. The number of halogens is 2. The molecule has 0 aliphatic carbocycles. The lowest BCUT2D eigenvalue weighted by Gasteiger charge is -2.14. The first kappa shape index (κ1) is 29.8. The molecule has 0 saturated carbocycles. The fourth-order valence-electron chi connectivity index (χ4n) is 4.21. The minimum atomic E-state index is -1.43. The third-order valence-corrected chi connectivity index (χ3v) is 6.98. The van der Waals surface area contributed by atoms with Crippen molar-refractivity contribution >= 4 is 28.7 Å². The van der Waals surface area contributed by atoms with Crippen molar-refractivity contribution < 1.29 is 23.4 Å². The molecule has 0 atom stereocenters. The fourth-order valence-corrected chi connectivity index (χ4v) is 4.75. The predicted molar refractivity (Wildman–Crippen MR) is 161 cm³/mol. The molecule has 0 bridgehead atoms. The van der Waals surface area contributed by atoms with Gasteiger partial charge < -0.3 is 15.6 Å². The highest BCUT2D eigenvalue weighted by atomic mass is 32.1. The van der Waals surface area contributed by atoms with Gasteiger partial charge in [0.1, 0.15) is 16.9 Å². The van der Waals surface area contributed by atoms with Gasteiger partial charge in [-0.05, 0) is 73.9 Å². The number of carbonyl (C=O) groups is 1. The number of hydrogen-bond acceptors (Lipinski definition) is 8. The summed E-state index contributed by atoms with van der Waals surface area (Å²) in [7, 11) is 0. The van der Waals surface area contributed by atoms with Crippen LogP contribution in [0.4, 0.5) is 14.5 Å².